The minimum absolute atomic E-state index is 0.106. The molecule has 3 aromatic rings. The maximum atomic E-state index is 11.7. The van der Waals surface area contributed by atoms with E-state index in [1.165, 1.54) is 17.7 Å². The Hall–Kier alpha value is -0.960. The maximum absolute atomic E-state index is 11.7. The van der Waals surface area contributed by atoms with Crippen LogP contribution >= 0.6 is 33.9 Å². The van der Waals surface area contributed by atoms with Crippen molar-refractivity contribution in [2.45, 2.75) is 0 Å². The lowest BCUT2D eigenvalue weighted by Crippen LogP contribution is -2.06. The molecule has 0 aromatic carbocycles. The summed E-state index contributed by atoms with van der Waals surface area (Å²) in [6, 6.07) is 0. The number of hydrogen-bond acceptors (Lipinski definition) is 4. The van der Waals surface area contributed by atoms with E-state index in [-0.39, 0.29) is 5.56 Å². The third-order valence-electron chi connectivity index (χ3n) is 2.22. The zero-order valence-electron chi connectivity index (χ0n) is 7.61. The number of thiophene rings is 1. The minimum atomic E-state index is -0.106. The summed E-state index contributed by atoms with van der Waals surface area (Å²) in [5, 5.41) is 4.91. The van der Waals surface area contributed by atoms with Crippen LogP contribution in [0.5, 0.6) is 0 Å². The summed E-state index contributed by atoms with van der Waals surface area (Å²) in [5.74, 6) is 0. The molecule has 3 aromatic heterocycles. The smallest absolute Gasteiger partial charge is 0.261 e. The molecule has 0 amide bonds. The predicted octanol–water partition coefficient (Wildman–Crippen LogP) is 1.48. The Kier molecular flexibility index (Phi) is 1.87. The largest absolute Gasteiger partial charge is 0.312 e. The number of fused-ring (bicyclic) bond motifs is 3. The molecule has 0 fully saturated rings. The van der Waals surface area contributed by atoms with Crippen LogP contribution in [0.25, 0.3) is 20.4 Å². The number of aromatic amines is 1. The third-order valence-corrected chi connectivity index (χ3v) is 4.43. The zero-order chi connectivity index (χ0) is 10.6. The number of nitrogens with one attached hydrogen (secondary N) is 1. The highest BCUT2D eigenvalue weighted by atomic mass is 127. The molecule has 1 N–H and O–H groups in total. The fourth-order valence-corrected chi connectivity index (χ4v) is 3.56. The molecule has 15 heavy (non-hydrogen) atoms. The van der Waals surface area contributed by atoms with Crippen LogP contribution in [0.3, 0.4) is 0 Å². The van der Waals surface area contributed by atoms with Crippen LogP contribution in [0.4, 0.5) is 0 Å². The standard InChI is InChI=1S/C8H5IN4OS/c1-13-4-3-7(14)10-2-11-8(3)15-5(4)6(9)12-13/h2H,1H3,(H,10,11,14). The Morgan fingerprint density at radius 1 is 1.60 bits per heavy atom. The lowest BCUT2D eigenvalue weighted by molar-refractivity contribution is 0.789. The summed E-state index contributed by atoms with van der Waals surface area (Å²) < 4.78 is 3.66. The average Bonchev–Trinajstić information content (AvgIpc) is 2.68. The Morgan fingerprint density at radius 2 is 2.40 bits per heavy atom. The summed E-state index contributed by atoms with van der Waals surface area (Å²) in [5.41, 5.74) is 0.763. The number of H-pyrrole nitrogens is 1. The first-order chi connectivity index (χ1) is 7.18. The van der Waals surface area contributed by atoms with E-state index in [4.69, 9.17) is 0 Å². The number of nitrogens with zero attached hydrogens (tertiary/aromatic N) is 3. The highest BCUT2D eigenvalue weighted by Gasteiger charge is 2.16. The van der Waals surface area contributed by atoms with E-state index in [0.29, 0.717) is 5.39 Å². The maximum Gasteiger partial charge on any atom is 0.261 e. The quantitative estimate of drug-likeness (QED) is 0.634. The van der Waals surface area contributed by atoms with Gasteiger partial charge in [-0.05, 0) is 22.6 Å². The van der Waals surface area contributed by atoms with Crippen molar-refractivity contribution in [1.29, 1.82) is 0 Å². The number of halogens is 1. The molecule has 76 valence electrons. The molecule has 0 spiro atoms. The van der Waals surface area contributed by atoms with Crippen molar-refractivity contribution in [3.63, 3.8) is 0 Å². The van der Waals surface area contributed by atoms with E-state index in [9.17, 15) is 4.79 Å². The molecule has 0 saturated carbocycles. The number of aromatic nitrogens is 4. The highest BCUT2D eigenvalue weighted by Crippen LogP contribution is 2.32. The Balaban J connectivity index is 2.74. The molecule has 7 heteroatoms. The van der Waals surface area contributed by atoms with Gasteiger partial charge in [0, 0.05) is 7.05 Å². The van der Waals surface area contributed by atoms with Crippen molar-refractivity contribution >= 4 is 54.4 Å². The second-order valence-electron chi connectivity index (χ2n) is 3.11. The molecule has 0 radical (unpaired) electrons. The van der Waals surface area contributed by atoms with E-state index in [1.807, 2.05) is 7.05 Å². The van der Waals surface area contributed by atoms with E-state index >= 15 is 0 Å². The lowest BCUT2D eigenvalue weighted by Gasteiger charge is -1.90. The minimum Gasteiger partial charge on any atom is -0.312 e. The van der Waals surface area contributed by atoms with Crippen molar-refractivity contribution in [3.05, 3.63) is 20.4 Å². The average molecular weight is 332 g/mol. The summed E-state index contributed by atoms with van der Waals surface area (Å²) in [4.78, 5) is 19.2. The second kappa shape index (κ2) is 3.01. The number of aryl methyl sites for hydroxylation is 1. The molecular formula is C8H5IN4OS. The molecular weight excluding hydrogens is 327 g/mol. The van der Waals surface area contributed by atoms with Gasteiger partial charge in [0.05, 0.1) is 16.5 Å². The van der Waals surface area contributed by atoms with Gasteiger partial charge in [-0.1, -0.05) is 0 Å². The van der Waals surface area contributed by atoms with Crippen molar-refractivity contribution in [3.8, 4) is 0 Å². The second-order valence-corrected chi connectivity index (χ2v) is 5.13. The number of hydrogen-bond donors (Lipinski definition) is 1. The van der Waals surface area contributed by atoms with Crippen LogP contribution in [0, 0.1) is 3.70 Å². The van der Waals surface area contributed by atoms with Crippen LogP contribution in [-0.2, 0) is 7.05 Å². The van der Waals surface area contributed by atoms with Crippen molar-refractivity contribution in [2.75, 3.05) is 0 Å². The van der Waals surface area contributed by atoms with Gasteiger partial charge in [0.2, 0.25) is 0 Å². The van der Waals surface area contributed by atoms with Gasteiger partial charge < -0.3 is 4.98 Å². The van der Waals surface area contributed by atoms with Gasteiger partial charge in [0.15, 0.2) is 0 Å². The van der Waals surface area contributed by atoms with Crippen LogP contribution in [-0.4, -0.2) is 19.7 Å². The van der Waals surface area contributed by atoms with Crippen molar-refractivity contribution in [1.82, 2.24) is 19.7 Å². The van der Waals surface area contributed by atoms with Gasteiger partial charge in [-0.3, -0.25) is 9.48 Å². The topological polar surface area (TPSA) is 63.6 Å². The van der Waals surface area contributed by atoms with Gasteiger partial charge >= 0.3 is 0 Å². The van der Waals surface area contributed by atoms with Gasteiger partial charge in [-0.25, -0.2) is 4.98 Å². The Labute approximate surface area is 101 Å². The van der Waals surface area contributed by atoms with Gasteiger partial charge in [-0.2, -0.15) is 5.10 Å². The molecule has 0 aliphatic rings. The van der Waals surface area contributed by atoms with Gasteiger partial charge in [-0.15, -0.1) is 11.3 Å². The van der Waals surface area contributed by atoms with E-state index in [2.05, 4.69) is 37.7 Å². The summed E-state index contributed by atoms with van der Waals surface area (Å²) in [6.07, 6.45) is 1.43. The monoisotopic (exact) mass is 332 g/mol. The first-order valence-electron chi connectivity index (χ1n) is 4.17. The van der Waals surface area contributed by atoms with Crippen molar-refractivity contribution < 1.29 is 0 Å². The van der Waals surface area contributed by atoms with Crippen LogP contribution in [0.1, 0.15) is 0 Å². The van der Waals surface area contributed by atoms with E-state index in [0.717, 1.165) is 18.7 Å². The molecule has 0 bridgehead atoms. The predicted molar refractivity (Wildman–Crippen MR) is 67.2 cm³/mol. The number of rotatable bonds is 0. The van der Waals surface area contributed by atoms with Crippen molar-refractivity contribution in [2.24, 2.45) is 7.05 Å². The highest BCUT2D eigenvalue weighted by molar-refractivity contribution is 14.1. The molecule has 3 heterocycles. The summed E-state index contributed by atoms with van der Waals surface area (Å²) >= 11 is 3.67. The van der Waals surface area contributed by atoms with E-state index < -0.39 is 0 Å². The van der Waals surface area contributed by atoms with Crippen LogP contribution < -0.4 is 5.56 Å². The fraction of sp³-hybridized carbons (Fsp3) is 0.125. The van der Waals surface area contributed by atoms with E-state index in [1.54, 1.807) is 4.68 Å². The zero-order valence-corrected chi connectivity index (χ0v) is 10.6. The molecule has 0 aliphatic carbocycles. The Morgan fingerprint density at radius 3 is 3.20 bits per heavy atom. The molecule has 0 aliphatic heterocycles. The van der Waals surface area contributed by atoms with Crippen LogP contribution in [0.2, 0.25) is 0 Å². The normalized spacial score (nSPS) is 11.6. The van der Waals surface area contributed by atoms with Gasteiger partial charge in [0.1, 0.15) is 13.9 Å². The molecule has 5 nitrogen and oxygen atoms in total. The first kappa shape index (κ1) is 9.28. The first-order valence-corrected chi connectivity index (χ1v) is 6.06. The van der Waals surface area contributed by atoms with Crippen LogP contribution in [0.15, 0.2) is 11.1 Å². The molecule has 0 atom stereocenters. The Bertz CT molecular complexity index is 725. The molecule has 3 rings (SSSR count). The molecule has 0 saturated heterocycles. The molecule has 0 unspecified atom stereocenters. The van der Waals surface area contributed by atoms with Gasteiger partial charge in [0.25, 0.3) is 5.56 Å². The summed E-state index contributed by atoms with van der Waals surface area (Å²) in [6.45, 7) is 0. The fourth-order valence-electron chi connectivity index (χ4n) is 1.60. The SMILES string of the molecule is Cn1nc(I)c2sc3nc[nH]c(=O)c3c21. The summed E-state index contributed by atoms with van der Waals surface area (Å²) in [7, 11) is 1.84. The lowest BCUT2D eigenvalue weighted by atomic mass is 10.3. The third kappa shape index (κ3) is 1.16.